The van der Waals surface area contributed by atoms with E-state index >= 15 is 0 Å². The van der Waals surface area contributed by atoms with E-state index in [9.17, 15) is 0 Å². The number of aliphatic imine (C=N–C) groups is 1. The zero-order chi connectivity index (χ0) is 21.3. The van der Waals surface area contributed by atoms with E-state index in [1.54, 1.807) is 7.05 Å². The first-order chi connectivity index (χ1) is 14.6. The fourth-order valence-electron chi connectivity index (χ4n) is 3.83. The number of hydrogen-bond acceptors (Lipinski definition) is 6. The van der Waals surface area contributed by atoms with Crippen molar-refractivity contribution in [2.45, 2.75) is 52.1 Å². The largest absolute Gasteiger partial charge is 0.379 e. The van der Waals surface area contributed by atoms with Gasteiger partial charge in [0.15, 0.2) is 11.7 Å². The van der Waals surface area contributed by atoms with Crippen molar-refractivity contribution < 1.29 is 9.26 Å². The summed E-state index contributed by atoms with van der Waals surface area (Å²) in [5, 5.41) is 11.1. The van der Waals surface area contributed by atoms with Gasteiger partial charge in [0.25, 0.3) is 0 Å². The third-order valence-corrected chi connectivity index (χ3v) is 6.78. The number of aromatic nitrogens is 1. The minimum absolute atomic E-state index is 0.304. The lowest BCUT2D eigenvalue weighted by Gasteiger charge is -2.34. The second-order valence-corrected chi connectivity index (χ2v) is 8.97. The minimum Gasteiger partial charge on any atom is -0.379 e. The Bertz CT molecular complexity index is 793. The maximum atomic E-state index is 5.55. The predicted molar refractivity (Wildman–Crippen MR) is 122 cm³/mol. The van der Waals surface area contributed by atoms with Crippen LogP contribution in [0.15, 0.2) is 27.7 Å². The molecule has 1 unspecified atom stereocenters. The van der Waals surface area contributed by atoms with Crippen LogP contribution in [0.2, 0.25) is 0 Å². The molecule has 2 aromatic rings. The van der Waals surface area contributed by atoms with E-state index in [-0.39, 0.29) is 0 Å². The normalized spacial score (nSPS) is 16.8. The van der Waals surface area contributed by atoms with Crippen molar-refractivity contribution in [3.63, 3.8) is 0 Å². The summed E-state index contributed by atoms with van der Waals surface area (Å²) in [6, 6.07) is 6.80. The fraction of sp³-hybridized carbons (Fsp3) is 0.636. The molecular formula is C22H35N5O2S. The molecule has 166 valence electrons. The molecule has 0 amide bonds. The molecule has 0 aromatic carbocycles. The molecule has 3 rings (SSSR count). The summed E-state index contributed by atoms with van der Waals surface area (Å²) in [6.45, 7) is 11.4. The summed E-state index contributed by atoms with van der Waals surface area (Å²) in [4.78, 5) is 9.59. The average molecular weight is 434 g/mol. The second kappa shape index (κ2) is 11.5. The summed E-state index contributed by atoms with van der Waals surface area (Å²) in [7, 11) is 1.80. The van der Waals surface area contributed by atoms with Crippen molar-refractivity contribution in [1.82, 2.24) is 20.7 Å². The molecule has 2 N–H and O–H groups in total. The molecule has 0 bridgehead atoms. The van der Waals surface area contributed by atoms with E-state index in [1.165, 1.54) is 9.75 Å². The number of thiophene rings is 1. The summed E-state index contributed by atoms with van der Waals surface area (Å²) in [5.41, 5.74) is 1.04. The van der Waals surface area contributed by atoms with Crippen molar-refractivity contribution in [3.8, 4) is 0 Å². The topological polar surface area (TPSA) is 74.9 Å². The molecule has 1 fully saturated rings. The van der Waals surface area contributed by atoms with Crippen LogP contribution in [0.1, 0.15) is 59.9 Å². The van der Waals surface area contributed by atoms with Crippen LogP contribution in [0.5, 0.6) is 0 Å². The molecule has 1 saturated heterocycles. The summed E-state index contributed by atoms with van der Waals surface area (Å²) >= 11 is 1.86. The number of nitrogens with one attached hydrogen (secondary N) is 2. The zero-order valence-corrected chi connectivity index (χ0v) is 19.4. The molecular weight excluding hydrogens is 398 g/mol. The molecule has 2 aromatic heterocycles. The smallest absolute Gasteiger partial charge is 0.191 e. The lowest BCUT2D eigenvalue weighted by Crippen LogP contribution is -2.46. The Labute approximate surface area is 183 Å². The van der Waals surface area contributed by atoms with Crippen LogP contribution in [0.25, 0.3) is 0 Å². The standard InChI is InChI=1S/C22H35N5O2S/c1-5-17(6-2)19-13-18(29-26-19)14-24-22(23-4)25-15-20(21-8-7-16(3)30-21)27-9-11-28-12-10-27/h7-8,13,17,20H,5-6,9-12,14-15H2,1-4H3,(H2,23,24,25). The highest BCUT2D eigenvalue weighted by Gasteiger charge is 2.24. The Hall–Kier alpha value is -1.90. The van der Waals surface area contributed by atoms with Crippen LogP contribution in [0, 0.1) is 6.92 Å². The third-order valence-electron chi connectivity index (χ3n) is 5.67. The number of hydrogen-bond donors (Lipinski definition) is 2. The Balaban J connectivity index is 1.57. The van der Waals surface area contributed by atoms with Gasteiger partial charge in [-0.25, -0.2) is 0 Å². The van der Waals surface area contributed by atoms with Crippen LogP contribution in [-0.4, -0.2) is 55.9 Å². The lowest BCUT2D eigenvalue weighted by molar-refractivity contribution is 0.0177. The summed E-state index contributed by atoms with van der Waals surface area (Å²) in [5.74, 6) is 2.06. The number of morpholine rings is 1. The zero-order valence-electron chi connectivity index (χ0n) is 18.6. The van der Waals surface area contributed by atoms with Crippen molar-refractivity contribution in [3.05, 3.63) is 39.4 Å². The van der Waals surface area contributed by atoms with Gasteiger partial charge < -0.3 is 19.9 Å². The van der Waals surface area contributed by atoms with Crippen molar-refractivity contribution in [2.24, 2.45) is 4.99 Å². The van der Waals surface area contributed by atoms with Gasteiger partial charge in [-0.15, -0.1) is 11.3 Å². The van der Waals surface area contributed by atoms with Gasteiger partial charge in [-0.3, -0.25) is 9.89 Å². The van der Waals surface area contributed by atoms with Gasteiger partial charge in [0.2, 0.25) is 0 Å². The van der Waals surface area contributed by atoms with Crippen LogP contribution in [0.4, 0.5) is 0 Å². The van der Waals surface area contributed by atoms with Crippen LogP contribution < -0.4 is 10.6 Å². The van der Waals surface area contributed by atoms with Crippen molar-refractivity contribution in [1.29, 1.82) is 0 Å². The summed E-state index contributed by atoms with van der Waals surface area (Å²) < 4.78 is 11.1. The molecule has 0 saturated carbocycles. The van der Waals surface area contributed by atoms with E-state index in [0.717, 1.165) is 63.1 Å². The Morgan fingerprint density at radius 3 is 2.63 bits per heavy atom. The molecule has 0 radical (unpaired) electrons. The third kappa shape index (κ3) is 6.06. The lowest BCUT2D eigenvalue weighted by atomic mass is 9.99. The van der Waals surface area contributed by atoms with Crippen LogP contribution in [0.3, 0.4) is 0 Å². The van der Waals surface area contributed by atoms with Crippen LogP contribution in [-0.2, 0) is 11.3 Å². The average Bonchev–Trinajstić information content (AvgIpc) is 3.41. The SMILES string of the molecule is CCC(CC)c1cc(CNC(=NC)NCC(c2ccc(C)s2)N2CCOCC2)on1. The monoisotopic (exact) mass is 433 g/mol. The molecule has 7 nitrogen and oxygen atoms in total. The molecule has 30 heavy (non-hydrogen) atoms. The summed E-state index contributed by atoms with van der Waals surface area (Å²) in [6.07, 6.45) is 2.15. The van der Waals surface area contributed by atoms with E-state index in [2.05, 4.69) is 64.7 Å². The minimum atomic E-state index is 0.304. The Morgan fingerprint density at radius 1 is 1.23 bits per heavy atom. The van der Waals surface area contributed by atoms with E-state index in [1.807, 2.05) is 11.3 Å². The molecule has 8 heteroatoms. The maximum Gasteiger partial charge on any atom is 0.191 e. The maximum absolute atomic E-state index is 5.55. The number of rotatable bonds is 9. The van der Waals surface area contributed by atoms with Crippen LogP contribution >= 0.6 is 11.3 Å². The number of guanidine groups is 1. The highest BCUT2D eigenvalue weighted by Crippen LogP contribution is 2.28. The number of nitrogens with zero attached hydrogens (tertiary/aromatic N) is 3. The second-order valence-electron chi connectivity index (χ2n) is 7.65. The van der Waals surface area contributed by atoms with Gasteiger partial charge in [-0.2, -0.15) is 0 Å². The fourth-order valence-corrected chi connectivity index (χ4v) is 4.84. The first-order valence-electron chi connectivity index (χ1n) is 10.9. The molecule has 1 aliphatic heterocycles. The molecule has 0 aliphatic carbocycles. The van der Waals surface area contributed by atoms with Crippen molar-refractivity contribution >= 4 is 17.3 Å². The molecule has 1 atom stereocenters. The van der Waals surface area contributed by atoms with E-state index in [0.29, 0.717) is 18.5 Å². The highest BCUT2D eigenvalue weighted by molar-refractivity contribution is 7.12. The van der Waals surface area contributed by atoms with Crippen molar-refractivity contribution in [2.75, 3.05) is 39.9 Å². The Morgan fingerprint density at radius 2 is 2.00 bits per heavy atom. The first kappa shape index (κ1) is 22.8. The van der Waals surface area contributed by atoms with Gasteiger partial charge in [0, 0.05) is 48.4 Å². The molecule has 3 heterocycles. The van der Waals surface area contributed by atoms with Gasteiger partial charge in [0.1, 0.15) is 0 Å². The quantitative estimate of drug-likeness (QED) is 0.464. The van der Waals surface area contributed by atoms with Gasteiger partial charge in [-0.05, 0) is 31.9 Å². The van der Waals surface area contributed by atoms with Gasteiger partial charge >= 0.3 is 0 Å². The van der Waals surface area contributed by atoms with Gasteiger partial charge in [-0.1, -0.05) is 19.0 Å². The van der Waals surface area contributed by atoms with E-state index in [4.69, 9.17) is 9.26 Å². The number of aryl methyl sites for hydroxylation is 1. The molecule has 0 spiro atoms. The Kier molecular flexibility index (Phi) is 8.72. The number of ether oxygens (including phenoxy) is 1. The molecule has 1 aliphatic rings. The predicted octanol–water partition coefficient (Wildman–Crippen LogP) is 3.69. The first-order valence-corrected chi connectivity index (χ1v) is 11.7. The highest BCUT2D eigenvalue weighted by atomic mass is 32.1. The van der Waals surface area contributed by atoms with Gasteiger partial charge in [0.05, 0.1) is 31.5 Å². The van der Waals surface area contributed by atoms with E-state index < -0.39 is 0 Å².